The summed E-state index contributed by atoms with van der Waals surface area (Å²) in [6.45, 7) is 8.92. The molecule has 0 amide bonds. The van der Waals surface area contributed by atoms with Gasteiger partial charge in [-0.15, -0.1) is 0 Å². The van der Waals surface area contributed by atoms with Gasteiger partial charge in [0.2, 0.25) is 0 Å². The molecule has 15 heavy (non-hydrogen) atoms. The van der Waals surface area contributed by atoms with Crippen LogP contribution in [0.2, 0.25) is 0 Å². The van der Waals surface area contributed by atoms with E-state index in [0.717, 1.165) is 5.92 Å². The Hall–Kier alpha value is -0.0800. The maximum Gasteiger partial charge on any atom is 0.0665 e. The fourth-order valence-electron chi connectivity index (χ4n) is 3.76. The van der Waals surface area contributed by atoms with Crippen molar-refractivity contribution in [2.45, 2.75) is 70.6 Å². The average Bonchev–Trinajstić information content (AvgIpc) is 2.52. The van der Waals surface area contributed by atoms with Crippen LogP contribution in [0.5, 0.6) is 0 Å². The van der Waals surface area contributed by atoms with Crippen molar-refractivity contribution in [3.63, 3.8) is 0 Å². The van der Waals surface area contributed by atoms with Gasteiger partial charge in [0.25, 0.3) is 0 Å². The molecule has 2 heteroatoms. The van der Waals surface area contributed by atoms with Gasteiger partial charge in [-0.2, -0.15) is 0 Å². The summed E-state index contributed by atoms with van der Waals surface area (Å²) in [4.78, 5) is 0. The molecule has 0 radical (unpaired) electrons. The zero-order valence-corrected chi connectivity index (χ0v) is 10.5. The van der Waals surface area contributed by atoms with Gasteiger partial charge in [-0.3, -0.25) is 0 Å². The Morgan fingerprint density at radius 2 is 1.80 bits per heavy atom. The van der Waals surface area contributed by atoms with Gasteiger partial charge >= 0.3 is 0 Å². The van der Waals surface area contributed by atoms with Crippen molar-refractivity contribution >= 4 is 0 Å². The minimum Gasteiger partial charge on any atom is -0.369 e. The predicted octanol–water partition coefficient (Wildman–Crippen LogP) is 2.71. The Bertz CT molecular complexity index is 247. The van der Waals surface area contributed by atoms with E-state index >= 15 is 0 Å². The summed E-state index contributed by atoms with van der Waals surface area (Å²) in [5, 5.41) is 0. The molecule has 1 aliphatic carbocycles. The highest BCUT2D eigenvalue weighted by Crippen LogP contribution is 2.49. The van der Waals surface area contributed by atoms with Crippen molar-refractivity contribution in [2.75, 3.05) is 0 Å². The third-order valence-corrected chi connectivity index (χ3v) is 4.23. The molecule has 1 saturated carbocycles. The highest BCUT2D eigenvalue weighted by atomic mass is 16.5. The summed E-state index contributed by atoms with van der Waals surface area (Å²) >= 11 is 0. The molecular formula is C13H25NO. The maximum absolute atomic E-state index is 6.16. The number of nitrogens with two attached hydrogens (primary N) is 1. The number of hydrogen-bond donors (Lipinski definition) is 1. The van der Waals surface area contributed by atoms with Gasteiger partial charge in [-0.1, -0.05) is 0 Å². The van der Waals surface area contributed by atoms with E-state index in [1.807, 2.05) is 0 Å². The molecule has 3 atom stereocenters. The molecule has 2 nitrogen and oxygen atoms in total. The van der Waals surface area contributed by atoms with Crippen molar-refractivity contribution in [1.29, 1.82) is 0 Å². The van der Waals surface area contributed by atoms with Crippen molar-refractivity contribution in [3.05, 3.63) is 0 Å². The number of hydrogen-bond acceptors (Lipinski definition) is 2. The quantitative estimate of drug-likeness (QED) is 0.724. The van der Waals surface area contributed by atoms with Gasteiger partial charge in [0.15, 0.2) is 0 Å². The van der Waals surface area contributed by atoms with E-state index in [2.05, 4.69) is 27.7 Å². The van der Waals surface area contributed by atoms with Gasteiger partial charge in [0.1, 0.15) is 0 Å². The molecule has 0 spiro atoms. The van der Waals surface area contributed by atoms with Crippen LogP contribution < -0.4 is 5.73 Å². The van der Waals surface area contributed by atoms with Crippen molar-refractivity contribution in [3.8, 4) is 0 Å². The van der Waals surface area contributed by atoms with Crippen molar-refractivity contribution < 1.29 is 4.74 Å². The summed E-state index contributed by atoms with van der Waals surface area (Å²) in [5.74, 6) is 1.48. The molecule has 1 saturated heterocycles. The summed E-state index contributed by atoms with van der Waals surface area (Å²) in [6.07, 6.45) is 4.90. The maximum atomic E-state index is 6.16. The largest absolute Gasteiger partial charge is 0.369 e. The summed E-state index contributed by atoms with van der Waals surface area (Å²) in [7, 11) is 0. The molecule has 0 aromatic carbocycles. The Balaban J connectivity index is 2.09. The summed E-state index contributed by atoms with van der Waals surface area (Å²) in [5.41, 5.74) is 6.10. The number of rotatable bonds is 1. The highest BCUT2D eigenvalue weighted by molar-refractivity contribution is 4.99. The lowest BCUT2D eigenvalue weighted by Crippen LogP contribution is -2.33. The molecule has 1 heterocycles. The van der Waals surface area contributed by atoms with Gasteiger partial charge in [0.05, 0.1) is 11.2 Å². The molecule has 0 bridgehead atoms. The highest BCUT2D eigenvalue weighted by Gasteiger charge is 2.49. The molecule has 2 rings (SSSR count). The lowest BCUT2D eigenvalue weighted by atomic mass is 9.77. The molecular weight excluding hydrogens is 186 g/mol. The molecule has 88 valence electrons. The van der Waals surface area contributed by atoms with Gasteiger partial charge in [-0.05, 0) is 65.2 Å². The third kappa shape index (κ3) is 2.21. The van der Waals surface area contributed by atoms with Crippen LogP contribution in [0.15, 0.2) is 0 Å². The smallest absolute Gasteiger partial charge is 0.0665 e. The van der Waals surface area contributed by atoms with Gasteiger partial charge in [0, 0.05) is 6.04 Å². The third-order valence-electron chi connectivity index (χ3n) is 4.23. The predicted molar refractivity (Wildman–Crippen MR) is 62.7 cm³/mol. The topological polar surface area (TPSA) is 35.2 Å². The van der Waals surface area contributed by atoms with Crippen LogP contribution >= 0.6 is 0 Å². The second-order valence-electron chi connectivity index (χ2n) is 6.61. The summed E-state index contributed by atoms with van der Waals surface area (Å²) < 4.78 is 6.16. The average molecular weight is 211 g/mol. The van der Waals surface area contributed by atoms with Crippen LogP contribution in [0.3, 0.4) is 0 Å². The lowest BCUT2D eigenvalue weighted by molar-refractivity contribution is -0.0797. The van der Waals surface area contributed by atoms with Crippen LogP contribution in [0.25, 0.3) is 0 Å². The van der Waals surface area contributed by atoms with E-state index in [-0.39, 0.29) is 11.2 Å². The van der Waals surface area contributed by atoms with E-state index in [4.69, 9.17) is 10.5 Å². The Labute approximate surface area is 93.6 Å². The minimum absolute atomic E-state index is 0.0399. The Morgan fingerprint density at radius 3 is 2.20 bits per heavy atom. The first-order valence-electron chi connectivity index (χ1n) is 6.26. The van der Waals surface area contributed by atoms with E-state index in [1.54, 1.807) is 0 Å². The normalized spacial score (nSPS) is 43.4. The van der Waals surface area contributed by atoms with Crippen molar-refractivity contribution in [1.82, 2.24) is 0 Å². The first-order chi connectivity index (χ1) is 6.80. The zero-order valence-electron chi connectivity index (χ0n) is 10.5. The lowest BCUT2D eigenvalue weighted by Gasteiger charge is -2.31. The van der Waals surface area contributed by atoms with Crippen LogP contribution in [0.1, 0.15) is 53.4 Å². The molecule has 2 aliphatic rings. The molecule has 2 fully saturated rings. The second-order valence-corrected chi connectivity index (χ2v) is 6.61. The van der Waals surface area contributed by atoms with Crippen molar-refractivity contribution in [2.24, 2.45) is 17.6 Å². The first-order valence-corrected chi connectivity index (χ1v) is 6.26. The van der Waals surface area contributed by atoms with E-state index in [9.17, 15) is 0 Å². The van der Waals surface area contributed by atoms with E-state index < -0.39 is 0 Å². The van der Waals surface area contributed by atoms with Crippen LogP contribution in [0.4, 0.5) is 0 Å². The fraction of sp³-hybridized carbons (Fsp3) is 1.00. The molecule has 2 N–H and O–H groups in total. The SMILES string of the molecule is CC1(C)CC(C2CCC(N)C2)C(C)(C)O1. The van der Waals surface area contributed by atoms with Crippen LogP contribution in [0, 0.1) is 11.8 Å². The molecule has 3 unspecified atom stereocenters. The Kier molecular flexibility index (Phi) is 2.63. The molecule has 0 aromatic rings. The zero-order chi connectivity index (χ0) is 11.3. The first kappa shape index (κ1) is 11.4. The van der Waals surface area contributed by atoms with Gasteiger partial charge < -0.3 is 10.5 Å². The summed E-state index contributed by atoms with van der Waals surface area (Å²) in [6, 6.07) is 0.439. The second kappa shape index (κ2) is 3.46. The van der Waals surface area contributed by atoms with Crippen LogP contribution in [-0.4, -0.2) is 17.2 Å². The van der Waals surface area contributed by atoms with Gasteiger partial charge in [-0.25, -0.2) is 0 Å². The molecule has 0 aromatic heterocycles. The molecule has 1 aliphatic heterocycles. The van der Waals surface area contributed by atoms with E-state index in [1.165, 1.54) is 25.7 Å². The standard InChI is InChI=1S/C13H25NO/c1-12(2)8-11(13(3,4)15-12)9-5-6-10(14)7-9/h9-11H,5-8,14H2,1-4H3. The minimum atomic E-state index is 0.0399. The number of ether oxygens (including phenoxy) is 1. The van der Waals surface area contributed by atoms with Crippen LogP contribution in [-0.2, 0) is 4.74 Å². The Morgan fingerprint density at radius 1 is 1.13 bits per heavy atom. The monoisotopic (exact) mass is 211 g/mol. The fourth-order valence-corrected chi connectivity index (χ4v) is 3.76. The van der Waals surface area contributed by atoms with E-state index in [0.29, 0.717) is 12.0 Å².